The first-order chi connectivity index (χ1) is 11.6. The monoisotopic (exact) mass is 331 g/mol. The summed E-state index contributed by atoms with van der Waals surface area (Å²) < 4.78 is 0. The summed E-state index contributed by atoms with van der Waals surface area (Å²) in [6.45, 7) is 1.95. The summed E-state index contributed by atoms with van der Waals surface area (Å²) in [7, 11) is 0. The highest BCUT2D eigenvalue weighted by molar-refractivity contribution is 6.05. The smallest absolute Gasteiger partial charge is 0.255 e. The fourth-order valence-electron chi connectivity index (χ4n) is 3.17. The van der Waals surface area contributed by atoms with Crippen molar-refractivity contribution in [3.8, 4) is 0 Å². The van der Waals surface area contributed by atoms with Crippen molar-refractivity contribution in [1.82, 2.24) is 15.5 Å². The molecule has 7 heteroatoms. The van der Waals surface area contributed by atoms with Gasteiger partial charge in [-0.15, -0.1) is 0 Å². The van der Waals surface area contributed by atoms with Crippen LogP contribution in [0.1, 0.15) is 40.7 Å². The highest BCUT2D eigenvalue weighted by atomic mass is 16.3. The van der Waals surface area contributed by atoms with E-state index < -0.39 is 11.9 Å². The van der Waals surface area contributed by atoms with Crippen LogP contribution >= 0.6 is 0 Å². The molecule has 1 aromatic rings. The van der Waals surface area contributed by atoms with E-state index in [1.807, 2.05) is 12.1 Å². The summed E-state index contributed by atoms with van der Waals surface area (Å²) in [5.74, 6) is -0.825. The van der Waals surface area contributed by atoms with Gasteiger partial charge >= 0.3 is 0 Å². The molecule has 0 saturated carbocycles. The molecule has 2 aliphatic rings. The molecule has 1 aromatic carbocycles. The molecule has 0 aliphatic carbocycles. The molecular weight excluding hydrogens is 310 g/mol. The van der Waals surface area contributed by atoms with Gasteiger partial charge in [0.15, 0.2) is 0 Å². The van der Waals surface area contributed by atoms with Gasteiger partial charge in [-0.05, 0) is 36.6 Å². The Balaban J connectivity index is 1.68. The number of amides is 3. The number of benzene rings is 1. The molecule has 2 heterocycles. The van der Waals surface area contributed by atoms with Crippen LogP contribution < -0.4 is 10.6 Å². The Labute approximate surface area is 140 Å². The zero-order valence-electron chi connectivity index (χ0n) is 13.4. The highest BCUT2D eigenvalue weighted by Crippen LogP contribution is 2.28. The predicted octanol–water partition coefficient (Wildman–Crippen LogP) is -0.0804. The van der Waals surface area contributed by atoms with Gasteiger partial charge in [0.2, 0.25) is 11.8 Å². The van der Waals surface area contributed by atoms with Crippen molar-refractivity contribution in [3.63, 3.8) is 0 Å². The normalized spacial score (nSPS) is 20.3. The predicted molar refractivity (Wildman–Crippen MR) is 85.9 cm³/mol. The lowest BCUT2D eigenvalue weighted by molar-refractivity contribution is -0.136. The second kappa shape index (κ2) is 7.11. The number of aliphatic hydroxyl groups excluding tert-OH is 1. The van der Waals surface area contributed by atoms with Crippen LogP contribution in [0.3, 0.4) is 0 Å². The lowest BCUT2D eigenvalue weighted by Crippen LogP contribution is -2.52. The Bertz CT molecular complexity index is 674. The number of carbonyl (C=O) groups excluding carboxylic acids is 3. The zero-order chi connectivity index (χ0) is 17.1. The van der Waals surface area contributed by atoms with Gasteiger partial charge in [0.25, 0.3) is 5.91 Å². The fourth-order valence-corrected chi connectivity index (χ4v) is 3.17. The van der Waals surface area contributed by atoms with Crippen LogP contribution in [0.15, 0.2) is 18.2 Å². The first-order valence-corrected chi connectivity index (χ1v) is 8.18. The van der Waals surface area contributed by atoms with Crippen LogP contribution in [0.25, 0.3) is 0 Å². The Morgan fingerprint density at radius 1 is 1.29 bits per heavy atom. The average Bonchev–Trinajstić information content (AvgIpc) is 2.88. The van der Waals surface area contributed by atoms with Gasteiger partial charge in [-0.2, -0.15) is 0 Å². The maximum absolute atomic E-state index is 12.6. The van der Waals surface area contributed by atoms with Crippen LogP contribution in [0.5, 0.6) is 0 Å². The molecule has 0 radical (unpaired) electrons. The van der Waals surface area contributed by atoms with Crippen LogP contribution in [0, 0.1) is 0 Å². The molecule has 1 saturated heterocycles. The molecule has 1 unspecified atom stereocenters. The third kappa shape index (κ3) is 3.32. The molecule has 128 valence electrons. The largest absolute Gasteiger partial charge is 0.396 e. The van der Waals surface area contributed by atoms with E-state index in [9.17, 15) is 14.4 Å². The minimum absolute atomic E-state index is 0.153. The number of hydrogen-bond donors (Lipinski definition) is 3. The van der Waals surface area contributed by atoms with Crippen molar-refractivity contribution in [2.75, 3.05) is 13.2 Å². The molecule has 3 N–H and O–H groups in total. The van der Waals surface area contributed by atoms with E-state index in [0.717, 1.165) is 17.7 Å². The molecule has 2 aliphatic heterocycles. The zero-order valence-corrected chi connectivity index (χ0v) is 13.4. The third-order valence-electron chi connectivity index (χ3n) is 4.43. The van der Waals surface area contributed by atoms with Crippen molar-refractivity contribution in [3.05, 3.63) is 34.9 Å². The summed E-state index contributed by atoms with van der Waals surface area (Å²) >= 11 is 0. The Morgan fingerprint density at radius 2 is 2.12 bits per heavy atom. The first-order valence-electron chi connectivity index (χ1n) is 8.18. The maximum Gasteiger partial charge on any atom is 0.255 e. The lowest BCUT2D eigenvalue weighted by Gasteiger charge is -2.29. The molecule has 3 amide bonds. The van der Waals surface area contributed by atoms with Gasteiger partial charge in [0.1, 0.15) is 6.04 Å². The molecule has 1 fully saturated rings. The minimum Gasteiger partial charge on any atom is -0.396 e. The fraction of sp³-hybridized carbons (Fsp3) is 0.471. The molecule has 7 nitrogen and oxygen atoms in total. The molecule has 24 heavy (non-hydrogen) atoms. The summed E-state index contributed by atoms with van der Waals surface area (Å²) in [5, 5.41) is 14.3. The van der Waals surface area contributed by atoms with Crippen LogP contribution in [-0.2, 0) is 22.7 Å². The molecule has 0 bridgehead atoms. The van der Waals surface area contributed by atoms with Crippen LogP contribution in [-0.4, -0.2) is 46.9 Å². The molecule has 0 aromatic heterocycles. The van der Waals surface area contributed by atoms with Crippen LogP contribution in [0.2, 0.25) is 0 Å². The lowest BCUT2D eigenvalue weighted by atomic mass is 10.0. The van der Waals surface area contributed by atoms with E-state index in [1.165, 1.54) is 0 Å². The average molecular weight is 331 g/mol. The number of carbonyl (C=O) groups is 3. The van der Waals surface area contributed by atoms with Gasteiger partial charge in [-0.25, -0.2) is 0 Å². The second-order valence-electron chi connectivity index (χ2n) is 6.15. The number of fused-ring (bicyclic) bond motifs is 1. The first kappa shape index (κ1) is 16.6. The minimum atomic E-state index is -0.575. The quantitative estimate of drug-likeness (QED) is 0.500. The van der Waals surface area contributed by atoms with E-state index in [2.05, 4.69) is 10.6 Å². The van der Waals surface area contributed by atoms with Crippen molar-refractivity contribution < 1.29 is 19.5 Å². The number of nitrogens with zero attached hydrogens (tertiary/aromatic N) is 1. The Morgan fingerprint density at radius 3 is 2.88 bits per heavy atom. The maximum atomic E-state index is 12.6. The Kier molecular flexibility index (Phi) is 4.92. The van der Waals surface area contributed by atoms with E-state index in [4.69, 9.17) is 5.11 Å². The number of rotatable bonds is 6. The van der Waals surface area contributed by atoms with Crippen molar-refractivity contribution in [2.24, 2.45) is 0 Å². The summed E-state index contributed by atoms with van der Waals surface area (Å²) in [5.41, 5.74) is 2.59. The van der Waals surface area contributed by atoms with Gasteiger partial charge in [0.05, 0.1) is 0 Å². The summed E-state index contributed by atoms with van der Waals surface area (Å²) in [6.07, 6.45) is 1.34. The number of hydrogen-bond acceptors (Lipinski definition) is 5. The van der Waals surface area contributed by atoms with Gasteiger partial charge in [-0.3, -0.25) is 19.7 Å². The number of nitrogens with one attached hydrogen (secondary N) is 2. The van der Waals surface area contributed by atoms with Crippen molar-refractivity contribution >= 4 is 17.7 Å². The summed E-state index contributed by atoms with van der Waals surface area (Å²) in [4.78, 5) is 37.4. The number of piperidine rings is 1. The molecular formula is C17H21N3O4. The Hall–Kier alpha value is -2.25. The number of aliphatic hydroxyl groups is 1. The second-order valence-corrected chi connectivity index (χ2v) is 6.15. The van der Waals surface area contributed by atoms with E-state index in [0.29, 0.717) is 31.5 Å². The topological polar surface area (TPSA) is 98.7 Å². The van der Waals surface area contributed by atoms with E-state index >= 15 is 0 Å². The van der Waals surface area contributed by atoms with Crippen molar-refractivity contribution in [2.45, 2.75) is 38.4 Å². The molecule has 3 rings (SSSR count). The van der Waals surface area contributed by atoms with Gasteiger partial charge < -0.3 is 15.3 Å². The molecule has 1 atom stereocenters. The standard InChI is InChI=1S/C17H21N3O4/c21-7-1-6-18-9-11-2-3-13-12(8-11)10-20(17(13)24)14-4-5-15(22)19-16(14)23/h2-3,8,14,18,21H,1,4-7,9-10H2,(H,19,22,23). The third-order valence-corrected chi connectivity index (χ3v) is 4.43. The SMILES string of the molecule is O=C1CCC(N2Cc3cc(CNCCCO)ccc3C2=O)C(=O)N1. The highest BCUT2D eigenvalue weighted by Gasteiger charge is 2.38. The van der Waals surface area contributed by atoms with Crippen molar-refractivity contribution in [1.29, 1.82) is 0 Å². The van der Waals surface area contributed by atoms with Gasteiger partial charge in [0, 0.05) is 31.7 Å². The van der Waals surface area contributed by atoms with Gasteiger partial charge in [-0.1, -0.05) is 12.1 Å². The summed E-state index contributed by atoms with van der Waals surface area (Å²) in [6, 6.07) is 5.10. The molecule has 0 spiro atoms. The number of imide groups is 1. The van der Waals surface area contributed by atoms with E-state index in [1.54, 1.807) is 11.0 Å². The van der Waals surface area contributed by atoms with E-state index in [-0.39, 0.29) is 24.8 Å². The van der Waals surface area contributed by atoms with Crippen LogP contribution in [0.4, 0.5) is 0 Å².